The van der Waals surface area contributed by atoms with E-state index in [-0.39, 0.29) is 23.8 Å². The largest absolute Gasteiger partial charge is 0.493 e. The van der Waals surface area contributed by atoms with Crippen molar-refractivity contribution in [2.75, 3.05) is 38.0 Å². The van der Waals surface area contributed by atoms with Crippen LogP contribution in [0.4, 0.5) is 10.5 Å². The molecule has 2 atom stereocenters. The van der Waals surface area contributed by atoms with Crippen LogP contribution in [0.3, 0.4) is 0 Å². The number of ether oxygens (including phenoxy) is 3. The van der Waals surface area contributed by atoms with Crippen molar-refractivity contribution < 1.29 is 28.9 Å². The molecule has 1 fully saturated rings. The van der Waals surface area contributed by atoms with Crippen LogP contribution in [0.1, 0.15) is 49.9 Å². The molecule has 188 valence electrons. The summed E-state index contributed by atoms with van der Waals surface area (Å²) < 4.78 is 16.3. The van der Waals surface area contributed by atoms with Gasteiger partial charge < -0.3 is 24.2 Å². The first-order valence-electron chi connectivity index (χ1n) is 11.4. The van der Waals surface area contributed by atoms with Gasteiger partial charge in [0.2, 0.25) is 0 Å². The monoisotopic (exact) mass is 510 g/mol. The summed E-state index contributed by atoms with van der Waals surface area (Å²) in [4.78, 5) is 29.3. The van der Waals surface area contributed by atoms with Crippen molar-refractivity contribution in [3.63, 3.8) is 0 Å². The fourth-order valence-electron chi connectivity index (χ4n) is 4.08. The fraction of sp³-hybridized carbons (Fsp3) is 0.583. The Labute approximate surface area is 209 Å². The van der Waals surface area contributed by atoms with Crippen LogP contribution >= 0.6 is 21.6 Å². The summed E-state index contributed by atoms with van der Waals surface area (Å²) >= 11 is 0. The van der Waals surface area contributed by atoms with Gasteiger partial charge in [0, 0.05) is 23.6 Å². The third-order valence-corrected chi connectivity index (χ3v) is 8.75. The number of hydrogen-bond donors (Lipinski definition) is 1. The molecule has 0 bridgehead atoms. The lowest BCUT2D eigenvalue weighted by molar-refractivity contribution is 0.0489. The first-order valence-corrected chi connectivity index (χ1v) is 13.8. The van der Waals surface area contributed by atoms with Gasteiger partial charge in [-0.05, 0) is 31.7 Å². The first-order chi connectivity index (χ1) is 16.3. The molecule has 1 unspecified atom stereocenters. The van der Waals surface area contributed by atoms with Gasteiger partial charge in [-0.25, -0.2) is 9.69 Å². The molecule has 1 aromatic carbocycles. The smallest absolute Gasteiger partial charge is 0.416 e. The molecule has 10 heteroatoms. The second-order valence-corrected chi connectivity index (χ2v) is 11.7. The second-order valence-electron chi connectivity index (χ2n) is 8.60. The maximum atomic E-state index is 13.4. The highest BCUT2D eigenvalue weighted by atomic mass is 33.1. The number of aliphatic hydroxyl groups is 1. The number of rotatable bonds is 10. The Kier molecular flexibility index (Phi) is 9.44. The number of nitrogens with zero attached hydrogens (tertiary/aromatic N) is 2. The SMILES string of the molecule is C=C1C[C@H]2C(O)N(C(=O)OCCCCCSSC(C)C)c3cc(OC)c(OC)cc3C(=O)N2C1. The van der Waals surface area contributed by atoms with Crippen molar-refractivity contribution in [3.8, 4) is 11.5 Å². The van der Waals surface area contributed by atoms with E-state index in [1.807, 2.05) is 21.6 Å². The molecular weight excluding hydrogens is 476 g/mol. The molecule has 0 aliphatic carbocycles. The molecule has 2 heterocycles. The Morgan fingerprint density at radius 3 is 2.59 bits per heavy atom. The summed E-state index contributed by atoms with van der Waals surface area (Å²) in [6.07, 6.45) is 1.15. The number of carbonyl (C=O) groups excluding carboxylic acids is 2. The van der Waals surface area contributed by atoms with Crippen LogP contribution in [0, 0.1) is 0 Å². The van der Waals surface area contributed by atoms with Crippen molar-refractivity contribution in [2.45, 2.75) is 57.1 Å². The molecule has 0 radical (unpaired) electrons. The highest BCUT2D eigenvalue weighted by Gasteiger charge is 2.46. The number of benzene rings is 1. The Bertz CT molecular complexity index is 910. The Morgan fingerprint density at radius 2 is 1.91 bits per heavy atom. The van der Waals surface area contributed by atoms with Crippen molar-refractivity contribution in [3.05, 3.63) is 29.8 Å². The highest BCUT2D eigenvalue weighted by molar-refractivity contribution is 8.76. The zero-order chi connectivity index (χ0) is 24.8. The maximum absolute atomic E-state index is 13.4. The normalized spacial score (nSPS) is 19.7. The lowest BCUT2D eigenvalue weighted by Crippen LogP contribution is -2.51. The molecular formula is C24H34N2O6S2. The topological polar surface area (TPSA) is 88.5 Å². The van der Waals surface area contributed by atoms with Gasteiger partial charge in [0.15, 0.2) is 17.7 Å². The molecule has 0 saturated carbocycles. The minimum atomic E-state index is -1.28. The van der Waals surface area contributed by atoms with Crippen molar-refractivity contribution in [1.29, 1.82) is 0 Å². The standard InChI is InChI=1S/C24H34N2O6S2/c1-15(2)34-33-10-8-6-7-9-32-24(29)26-18-13-21(31-5)20(30-4)12-17(18)22(27)25-14-16(3)11-19(25)23(26)28/h12-13,15,19,23,28H,3,6-11,14H2,1-2,4-5H3/t19-,23?/m0/s1. The van der Waals surface area contributed by atoms with Crippen LogP contribution in [0.5, 0.6) is 11.5 Å². The third kappa shape index (κ3) is 5.95. The number of anilines is 1. The Morgan fingerprint density at radius 1 is 1.21 bits per heavy atom. The summed E-state index contributed by atoms with van der Waals surface area (Å²) in [5, 5.41) is 11.8. The van der Waals surface area contributed by atoms with E-state index in [9.17, 15) is 14.7 Å². The summed E-state index contributed by atoms with van der Waals surface area (Å²) in [5.41, 5.74) is 1.30. The van der Waals surface area contributed by atoms with E-state index >= 15 is 0 Å². The minimum absolute atomic E-state index is 0.238. The van der Waals surface area contributed by atoms with Gasteiger partial charge in [-0.15, -0.1) is 0 Å². The molecule has 2 amide bonds. The molecule has 0 aromatic heterocycles. The van der Waals surface area contributed by atoms with Gasteiger partial charge in [-0.2, -0.15) is 0 Å². The maximum Gasteiger partial charge on any atom is 0.416 e. The van der Waals surface area contributed by atoms with Gasteiger partial charge in [-0.1, -0.05) is 47.6 Å². The molecule has 0 spiro atoms. The van der Waals surface area contributed by atoms with Gasteiger partial charge >= 0.3 is 6.09 Å². The van der Waals surface area contributed by atoms with Crippen LogP contribution in [-0.2, 0) is 4.74 Å². The van der Waals surface area contributed by atoms with Crippen molar-refractivity contribution in [1.82, 2.24) is 4.90 Å². The zero-order valence-corrected chi connectivity index (χ0v) is 21.9. The second kappa shape index (κ2) is 12.1. The number of unbranched alkanes of at least 4 members (excludes halogenated alkanes) is 2. The Balaban J connectivity index is 1.76. The molecule has 2 aliphatic rings. The van der Waals surface area contributed by atoms with Gasteiger partial charge in [0.1, 0.15) is 0 Å². The van der Waals surface area contributed by atoms with E-state index in [1.165, 1.54) is 20.3 Å². The lowest BCUT2D eigenvalue weighted by Gasteiger charge is -2.31. The molecule has 3 rings (SSSR count). The van der Waals surface area contributed by atoms with E-state index in [0.717, 1.165) is 35.5 Å². The van der Waals surface area contributed by atoms with Crippen LogP contribution in [0.15, 0.2) is 24.3 Å². The summed E-state index contributed by atoms with van der Waals surface area (Å²) in [5.74, 6) is 1.47. The van der Waals surface area contributed by atoms with Crippen LogP contribution in [0.2, 0.25) is 0 Å². The Hall–Kier alpha value is -2.04. The van der Waals surface area contributed by atoms with E-state index in [2.05, 4.69) is 20.4 Å². The fourth-order valence-corrected chi connectivity index (χ4v) is 6.23. The molecule has 1 N–H and O–H groups in total. The predicted octanol–water partition coefficient (Wildman–Crippen LogP) is 4.71. The number of fused-ring (bicyclic) bond motifs is 2. The summed E-state index contributed by atoms with van der Waals surface area (Å²) in [6, 6.07) is 2.48. The average Bonchev–Trinajstić information content (AvgIpc) is 3.18. The van der Waals surface area contributed by atoms with Crippen LogP contribution < -0.4 is 14.4 Å². The van der Waals surface area contributed by atoms with Crippen molar-refractivity contribution >= 4 is 39.3 Å². The number of methoxy groups -OCH3 is 2. The first kappa shape index (κ1) is 26.6. The highest BCUT2D eigenvalue weighted by Crippen LogP contribution is 2.41. The molecule has 8 nitrogen and oxygen atoms in total. The van der Waals surface area contributed by atoms with E-state index in [1.54, 1.807) is 11.0 Å². The average molecular weight is 511 g/mol. The van der Waals surface area contributed by atoms with E-state index in [4.69, 9.17) is 14.2 Å². The molecule has 34 heavy (non-hydrogen) atoms. The summed E-state index contributed by atoms with van der Waals surface area (Å²) in [6.45, 7) is 8.89. The molecule has 1 saturated heterocycles. The van der Waals surface area contributed by atoms with E-state index in [0.29, 0.717) is 29.7 Å². The minimum Gasteiger partial charge on any atom is -0.493 e. The van der Waals surface area contributed by atoms with Gasteiger partial charge in [-0.3, -0.25) is 4.79 Å². The number of hydrogen-bond acceptors (Lipinski definition) is 8. The molecule has 2 aliphatic heterocycles. The number of aliphatic hydroxyl groups excluding tert-OH is 1. The zero-order valence-electron chi connectivity index (χ0n) is 20.2. The van der Waals surface area contributed by atoms with Crippen LogP contribution in [-0.4, -0.2) is 72.7 Å². The summed E-state index contributed by atoms with van der Waals surface area (Å²) in [7, 11) is 6.68. The number of amides is 2. The third-order valence-electron chi connectivity index (χ3n) is 5.71. The predicted molar refractivity (Wildman–Crippen MR) is 137 cm³/mol. The number of carbonyl (C=O) groups is 2. The van der Waals surface area contributed by atoms with Gasteiger partial charge in [0.05, 0.1) is 38.1 Å². The molecule has 1 aromatic rings. The van der Waals surface area contributed by atoms with Gasteiger partial charge in [0.25, 0.3) is 5.91 Å². The van der Waals surface area contributed by atoms with Crippen LogP contribution in [0.25, 0.3) is 0 Å². The van der Waals surface area contributed by atoms with E-state index < -0.39 is 18.4 Å². The quantitative estimate of drug-likeness (QED) is 0.275. The lowest BCUT2D eigenvalue weighted by atomic mass is 10.1. The van der Waals surface area contributed by atoms with Crippen molar-refractivity contribution in [2.24, 2.45) is 0 Å².